The molecule has 0 bridgehead atoms. The zero-order valence-electron chi connectivity index (χ0n) is 79.8. The van der Waals surface area contributed by atoms with Gasteiger partial charge in [-0.1, -0.05) is 321 Å². The fourth-order valence-electron chi connectivity index (χ4n) is 21.9. The third-order valence-electron chi connectivity index (χ3n) is 27.6. The molecule has 0 fully saturated rings. The molecule has 0 radical (unpaired) electrons. The summed E-state index contributed by atoms with van der Waals surface area (Å²) in [4.78, 5) is 0. The van der Waals surface area contributed by atoms with Crippen LogP contribution in [-0.2, 0) is 75.8 Å². The molecule has 0 atom stereocenters. The Bertz CT molecular complexity index is 7550. The summed E-state index contributed by atoms with van der Waals surface area (Å²) in [6.07, 6.45) is 8.73. The molecule has 6 aliphatic rings. The van der Waals surface area contributed by atoms with Crippen LogP contribution < -0.4 is 4.74 Å². The van der Waals surface area contributed by atoms with Crippen LogP contribution in [0, 0.1) is 6.92 Å². The highest BCUT2D eigenvalue weighted by atomic mass is 79.9. The van der Waals surface area contributed by atoms with Crippen molar-refractivity contribution in [2.45, 2.75) is 189 Å². The summed E-state index contributed by atoms with van der Waals surface area (Å²) in [5.74, 6) is 0.946. The molecule has 18 aromatic rings. The smallest absolute Gasteiger partial charge is 0.153 e. The second-order valence-corrected chi connectivity index (χ2v) is 65.9. The minimum Gasteiger partial charge on any atom is -0.497 e. The first-order valence-electron chi connectivity index (χ1n) is 46.5. The Morgan fingerprint density at radius 2 is 0.566 bits per heavy atom. The molecule has 0 unspecified atom stereocenters. The largest absolute Gasteiger partial charge is 0.497 e. The van der Waals surface area contributed by atoms with Crippen molar-refractivity contribution in [3.05, 3.63) is 347 Å². The highest BCUT2D eigenvalue weighted by molar-refractivity contribution is 9.10. The zero-order valence-corrected chi connectivity index (χ0v) is 86.9. The van der Waals surface area contributed by atoms with Gasteiger partial charge in [0.1, 0.15) is 5.75 Å². The standard InChI is InChI=1S/C22H27NSi.C20H23NOSi.C20H23NSi.C20H21N.C18H18BrNSi.C16H12BrN/c1-22(2,3)16-11-12-20-18(14-16)19-13-15-9-7-8-10-17(15)21(19)23(20)24(4,5)6;1-22-15-9-10-19-17(12-15)18-11-14-7-5-6-8-16(14)20(18)21(19)13-23(2,3)4;1-14-9-10-19-17(11-14)18-12-15-7-5-6-8-16(15)20(18)21(19)13-22(2,3)4;1-20(2,3)14-9-10-18-16(12-14)17-11-13-7-5-6-8-15(13)19(17)21(18)4;1-21(2,3)20-17-9-8-13(19)11-15(17)16-10-12-6-4-5-7-14(12)18(16)20;1-18-15-7-6-11(17)9-13(15)14-8-10-4-2-3-5-12(10)16(14)18/h7-12,14H,13H2,1-6H3;5-10,12H,11,13H2,1-4H3;5-11H,12-13H2,1-4H3;5-10,12H,11H2,1-4H3;4-9,11H,10H2,1-3H3;2-7,9H,8H2,1H3. The summed E-state index contributed by atoms with van der Waals surface area (Å²) in [6.45, 7) is 45.3. The third-order valence-corrected chi connectivity index (χ3v) is 34.7. The number of hydrogen-bond acceptors (Lipinski definition) is 1. The summed E-state index contributed by atoms with van der Waals surface area (Å²) >= 11 is 7.21. The Balaban J connectivity index is 0.000000101. The molecule has 24 rings (SSSR count). The van der Waals surface area contributed by atoms with Gasteiger partial charge < -0.3 is 31.5 Å². The second kappa shape index (κ2) is 32.8. The molecular formula is C116H124Br2N6OSi4. The van der Waals surface area contributed by atoms with E-state index < -0.39 is 32.6 Å². The van der Waals surface area contributed by atoms with Crippen molar-refractivity contribution in [2.24, 2.45) is 14.1 Å². The van der Waals surface area contributed by atoms with Gasteiger partial charge in [-0.15, -0.1) is 0 Å². The Hall–Kier alpha value is -10.5. The Kier molecular flexibility index (Phi) is 22.3. The van der Waals surface area contributed by atoms with Crippen molar-refractivity contribution in [1.29, 1.82) is 0 Å². The summed E-state index contributed by atoms with van der Waals surface area (Å²) < 4.78 is 23.0. The average molecular weight is 1890 g/mol. The van der Waals surface area contributed by atoms with Crippen molar-refractivity contribution in [2.75, 3.05) is 7.11 Å². The van der Waals surface area contributed by atoms with E-state index in [0.29, 0.717) is 0 Å². The van der Waals surface area contributed by atoms with Gasteiger partial charge in [0, 0.05) is 184 Å². The normalized spacial score (nSPS) is 13.5. The first kappa shape index (κ1) is 87.8. The molecule has 6 aliphatic carbocycles. The minimum atomic E-state index is -1.52. The molecule has 13 heteroatoms. The van der Waals surface area contributed by atoms with Crippen molar-refractivity contribution in [1.82, 2.24) is 26.7 Å². The molecule has 654 valence electrons. The number of halogens is 2. The molecule has 129 heavy (non-hydrogen) atoms. The van der Waals surface area contributed by atoms with E-state index in [1.807, 2.05) is 0 Å². The molecule has 12 aromatic carbocycles. The molecule has 6 aromatic heterocycles. The molecule has 0 saturated carbocycles. The number of nitrogens with zero attached hydrogens (tertiary/aromatic N) is 6. The molecule has 7 nitrogen and oxygen atoms in total. The average Bonchev–Trinajstić information content (AvgIpc) is 1.59. The number of aryl methyl sites for hydroxylation is 3. The van der Waals surface area contributed by atoms with Gasteiger partial charge in [-0.05, 0) is 187 Å². The summed E-state index contributed by atoms with van der Waals surface area (Å²) in [7, 11) is 0.672. The highest BCUT2D eigenvalue weighted by Gasteiger charge is 2.37. The number of hydrogen-bond donors (Lipinski definition) is 0. The van der Waals surface area contributed by atoms with Crippen LogP contribution in [-0.4, -0.2) is 66.5 Å². The summed E-state index contributed by atoms with van der Waals surface area (Å²) in [5, 5.41) is 8.50. The number of aromatic nitrogens is 6. The van der Waals surface area contributed by atoms with Crippen LogP contribution in [0.1, 0.15) is 125 Å². The van der Waals surface area contributed by atoms with Gasteiger partial charge >= 0.3 is 0 Å². The van der Waals surface area contributed by atoms with Crippen LogP contribution in [0.15, 0.2) is 264 Å². The molecular weight excluding hydrogens is 1770 g/mol. The van der Waals surface area contributed by atoms with E-state index in [4.69, 9.17) is 4.74 Å². The van der Waals surface area contributed by atoms with Crippen molar-refractivity contribution in [3.63, 3.8) is 0 Å². The van der Waals surface area contributed by atoms with Crippen LogP contribution >= 0.6 is 31.9 Å². The first-order valence-corrected chi connectivity index (χ1v) is 62.4. The molecule has 0 aliphatic heterocycles. The maximum Gasteiger partial charge on any atom is 0.153 e. The van der Waals surface area contributed by atoms with E-state index in [-0.39, 0.29) is 10.8 Å². The number of ether oxygens (including phenoxy) is 1. The quantitative estimate of drug-likeness (QED) is 0.147. The number of rotatable bonds is 7. The second-order valence-electron chi connectivity index (χ2n) is 43.6. The van der Waals surface area contributed by atoms with Crippen molar-refractivity contribution in [3.8, 4) is 73.3 Å². The van der Waals surface area contributed by atoms with E-state index in [1.54, 1.807) is 12.7 Å². The SMILES string of the molecule is CC(C)(C)c1ccc2c(c1)c1c(n2[Si](C)(C)C)-c2ccccc2C1.COc1ccc2c(c1)c1c(n2C[Si](C)(C)C)-c2ccccc2C1.C[Si](C)(C)n1c2c(c3cc(Br)ccc31)Cc1ccccc1-2.Cc1ccc2c(c1)c1c(n2C[Si](C)(C)C)-c2ccccc2C1.Cn1c2c(c3cc(Br)ccc31)Cc1ccccc1-2.Cn1c2c(c3cc(C(C)(C)C)ccc31)Cc1ccccc1-2. The highest BCUT2D eigenvalue weighted by Crippen LogP contribution is 2.52. The topological polar surface area (TPSA) is 38.8 Å². The molecule has 0 spiro atoms. The lowest BCUT2D eigenvalue weighted by atomic mass is 9.86. The molecule has 0 amide bonds. The van der Waals surface area contributed by atoms with Gasteiger partial charge in [-0.25, -0.2) is 0 Å². The third kappa shape index (κ3) is 16.0. The van der Waals surface area contributed by atoms with E-state index in [9.17, 15) is 0 Å². The minimum absolute atomic E-state index is 0.188. The fraction of sp³-hybridized carbons (Fsp3) is 0.276. The monoisotopic (exact) mass is 1890 g/mol. The fourth-order valence-corrected chi connectivity index (χ4v) is 28.9. The zero-order chi connectivity index (χ0) is 90.8. The number of methoxy groups -OCH3 is 1. The van der Waals surface area contributed by atoms with Gasteiger partial charge in [0.2, 0.25) is 0 Å². The molecule has 0 N–H and O–H groups in total. The van der Waals surface area contributed by atoms with E-state index in [1.165, 1.54) is 221 Å². The Labute approximate surface area is 785 Å². The maximum atomic E-state index is 5.47. The van der Waals surface area contributed by atoms with Gasteiger partial charge in [0.05, 0.1) is 46.0 Å². The lowest BCUT2D eigenvalue weighted by molar-refractivity contribution is 0.415. The predicted octanol–water partition coefficient (Wildman–Crippen LogP) is 31.9. The summed E-state index contributed by atoms with van der Waals surface area (Å²) in [5.41, 5.74) is 47.9. The van der Waals surface area contributed by atoms with Gasteiger partial charge in [-0.2, -0.15) is 0 Å². The van der Waals surface area contributed by atoms with Crippen LogP contribution in [0.25, 0.3) is 133 Å². The van der Waals surface area contributed by atoms with Crippen LogP contribution in [0.5, 0.6) is 5.75 Å². The van der Waals surface area contributed by atoms with Crippen LogP contribution in [0.4, 0.5) is 0 Å². The molecule has 0 saturated heterocycles. The van der Waals surface area contributed by atoms with Crippen LogP contribution in [0.2, 0.25) is 78.6 Å². The van der Waals surface area contributed by atoms with Gasteiger partial charge in [0.15, 0.2) is 16.5 Å². The van der Waals surface area contributed by atoms with Crippen molar-refractivity contribution >= 4 is 130 Å². The Morgan fingerprint density at radius 3 is 0.922 bits per heavy atom. The van der Waals surface area contributed by atoms with E-state index >= 15 is 0 Å². The van der Waals surface area contributed by atoms with Crippen molar-refractivity contribution < 1.29 is 4.74 Å². The summed E-state index contributed by atoms with van der Waals surface area (Å²) in [6, 6.07) is 94.0. The lowest BCUT2D eigenvalue weighted by Crippen LogP contribution is -2.32. The first-order chi connectivity index (χ1) is 61.3. The number of benzene rings is 12. The molecule has 6 heterocycles. The van der Waals surface area contributed by atoms with E-state index in [2.05, 4.69) is 455 Å². The van der Waals surface area contributed by atoms with Gasteiger partial charge in [0.25, 0.3) is 0 Å². The lowest BCUT2D eigenvalue weighted by Gasteiger charge is -2.24. The van der Waals surface area contributed by atoms with Crippen LogP contribution in [0.3, 0.4) is 0 Å². The Morgan fingerprint density at radius 1 is 0.295 bits per heavy atom. The van der Waals surface area contributed by atoms with Gasteiger partial charge in [-0.3, -0.25) is 0 Å². The maximum absolute atomic E-state index is 5.47. The number of fused-ring (bicyclic) bond motifs is 30. The predicted molar refractivity (Wildman–Crippen MR) is 571 cm³/mol. The van der Waals surface area contributed by atoms with E-state index in [0.717, 1.165) is 54.9 Å².